The summed E-state index contributed by atoms with van der Waals surface area (Å²) in [7, 11) is 0. The van der Waals surface area contributed by atoms with Gasteiger partial charge in [0.1, 0.15) is 5.82 Å². The third kappa shape index (κ3) is 3.80. The molecule has 142 valence electrons. The topological polar surface area (TPSA) is 62.3 Å². The Morgan fingerprint density at radius 2 is 2.00 bits per heavy atom. The van der Waals surface area contributed by atoms with Gasteiger partial charge in [-0.15, -0.1) is 11.3 Å². The molecule has 1 aliphatic heterocycles. The second kappa shape index (κ2) is 7.52. The Hall–Kier alpha value is -3.06. The molecule has 1 aliphatic rings. The molecule has 0 saturated carbocycles. The van der Waals surface area contributed by atoms with Gasteiger partial charge >= 0.3 is 0 Å². The number of rotatable bonds is 4. The molecule has 1 aromatic heterocycles. The fourth-order valence-corrected chi connectivity index (χ4v) is 4.02. The van der Waals surface area contributed by atoms with Crippen LogP contribution in [0.25, 0.3) is 11.3 Å². The third-order valence-corrected chi connectivity index (χ3v) is 5.44. The Kier molecular flexibility index (Phi) is 4.92. The summed E-state index contributed by atoms with van der Waals surface area (Å²) in [4.78, 5) is 30.3. The lowest BCUT2D eigenvalue weighted by atomic mass is 10.1. The van der Waals surface area contributed by atoms with Crippen LogP contribution < -0.4 is 10.2 Å². The minimum absolute atomic E-state index is 0.0305. The van der Waals surface area contributed by atoms with Crippen LogP contribution in [0.5, 0.6) is 0 Å². The summed E-state index contributed by atoms with van der Waals surface area (Å²) in [5.74, 6) is -0.501. The fourth-order valence-electron chi connectivity index (χ4n) is 3.28. The zero-order valence-electron chi connectivity index (χ0n) is 15.2. The first-order valence-corrected chi connectivity index (χ1v) is 9.79. The quantitative estimate of drug-likeness (QED) is 0.725. The predicted octanol–water partition coefficient (Wildman–Crippen LogP) is 4.04. The predicted molar refractivity (Wildman–Crippen MR) is 108 cm³/mol. The third-order valence-electron chi connectivity index (χ3n) is 4.69. The molecule has 0 fully saturated rings. The van der Waals surface area contributed by atoms with E-state index < -0.39 is 0 Å². The number of hydrogen-bond acceptors (Lipinski definition) is 4. The second-order valence-corrected chi connectivity index (χ2v) is 7.51. The van der Waals surface area contributed by atoms with E-state index in [4.69, 9.17) is 0 Å². The molecule has 0 saturated heterocycles. The van der Waals surface area contributed by atoms with Gasteiger partial charge in [0.15, 0.2) is 5.13 Å². The van der Waals surface area contributed by atoms with Crippen molar-refractivity contribution >= 4 is 34.0 Å². The smallest absolute Gasteiger partial charge is 0.230 e. The van der Waals surface area contributed by atoms with E-state index >= 15 is 0 Å². The zero-order valence-corrected chi connectivity index (χ0v) is 16.1. The maximum absolute atomic E-state index is 13.0. The van der Waals surface area contributed by atoms with Crippen LogP contribution in [0.1, 0.15) is 18.1 Å². The molecule has 0 bridgehead atoms. The van der Waals surface area contributed by atoms with Gasteiger partial charge in [-0.3, -0.25) is 9.59 Å². The Bertz CT molecular complexity index is 1050. The lowest BCUT2D eigenvalue weighted by Gasteiger charge is -2.15. The average Bonchev–Trinajstić information content (AvgIpc) is 3.29. The van der Waals surface area contributed by atoms with Crippen LogP contribution in [0.3, 0.4) is 0 Å². The Balaban J connectivity index is 1.47. The van der Waals surface area contributed by atoms with Gasteiger partial charge < -0.3 is 10.2 Å². The van der Waals surface area contributed by atoms with E-state index in [1.54, 1.807) is 24.0 Å². The molecule has 28 heavy (non-hydrogen) atoms. The number of benzene rings is 2. The normalized spacial score (nSPS) is 12.7. The molecule has 0 unspecified atom stereocenters. The Morgan fingerprint density at radius 1 is 1.21 bits per heavy atom. The number of fused-ring (bicyclic) bond motifs is 1. The summed E-state index contributed by atoms with van der Waals surface area (Å²) in [5, 5.41) is 5.17. The number of hydrogen-bond donors (Lipinski definition) is 1. The van der Waals surface area contributed by atoms with Crippen LogP contribution >= 0.6 is 11.3 Å². The number of aromatic nitrogens is 1. The lowest BCUT2D eigenvalue weighted by molar-refractivity contribution is -0.117. The number of nitrogens with zero attached hydrogens (tertiary/aromatic N) is 2. The van der Waals surface area contributed by atoms with Crippen LogP contribution in [0, 0.1) is 5.82 Å². The molecular weight excluding hydrogens is 377 g/mol. The van der Waals surface area contributed by atoms with Crippen molar-refractivity contribution in [3.63, 3.8) is 0 Å². The highest BCUT2D eigenvalue weighted by Gasteiger charge is 2.22. The van der Waals surface area contributed by atoms with Gasteiger partial charge in [-0.2, -0.15) is 0 Å². The van der Waals surface area contributed by atoms with Gasteiger partial charge in [0.2, 0.25) is 11.8 Å². The van der Waals surface area contributed by atoms with Gasteiger partial charge in [-0.05, 0) is 35.7 Å². The van der Waals surface area contributed by atoms with E-state index in [9.17, 15) is 14.0 Å². The summed E-state index contributed by atoms with van der Waals surface area (Å²) in [6, 6.07) is 11.8. The molecule has 0 radical (unpaired) electrons. The van der Waals surface area contributed by atoms with Crippen molar-refractivity contribution in [2.75, 3.05) is 16.8 Å². The van der Waals surface area contributed by atoms with Crippen molar-refractivity contribution in [1.82, 2.24) is 4.98 Å². The largest absolute Gasteiger partial charge is 0.312 e. The summed E-state index contributed by atoms with van der Waals surface area (Å²) in [6.45, 7) is 2.27. The van der Waals surface area contributed by atoms with Crippen molar-refractivity contribution in [1.29, 1.82) is 0 Å². The molecule has 0 atom stereocenters. The number of amides is 2. The van der Waals surface area contributed by atoms with E-state index in [-0.39, 0.29) is 24.1 Å². The number of anilines is 2. The molecule has 2 aromatic carbocycles. The van der Waals surface area contributed by atoms with E-state index in [0.29, 0.717) is 11.7 Å². The monoisotopic (exact) mass is 395 g/mol. The first-order chi connectivity index (χ1) is 13.5. The first-order valence-electron chi connectivity index (χ1n) is 8.91. The average molecular weight is 395 g/mol. The van der Waals surface area contributed by atoms with E-state index in [0.717, 1.165) is 34.5 Å². The molecule has 5 nitrogen and oxygen atoms in total. The summed E-state index contributed by atoms with van der Waals surface area (Å²) in [5.41, 5.74) is 4.47. The summed E-state index contributed by atoms with van der Waals surface area (Å²) >= 11 is 1.34. The summed E-state index contributed by atoms with van der Waals surface area (Å²) in [6.07, 6.45) is 1.01. The van der Waals surface area contributed by atoms with Crippen molar-refractivity contribution < 1.29 is 14.0 Å². The van der Waals surface area contributed by atoms with Crippen molar-refractivity contribution in [2.24, 2.45) is 0 Å². The maximum Gasteiger partial charge on any atom is 0.230 e. The Morgan fingerprint density at radius 3 is 2.75 bits per heavy atom. The lowest BCUT2D eigenvalue weighted by Crippen LogP contribution is -2.25. The fraction of sp³-hybridized carbons (Fsp3) is 0.190. The van der Waals surface area contributed by atoms with Crippen LogP contribution in [0.15, 0.2) is 47.8 Å². The standard InChI is InChI=1S/C21H18FN3O2S/c1-13(26)25-9-8-15-4-5-16(11-19(15)25)18-12-28-21(23-18)24-20(27)10-14-2-6-17(22)7-3-14/h2-7,11-12H,8-10H2,1H3,(H,23,24,27). The van der Waals surface area contributed by atoms with Crippen molar-refractivity contribution in [3.8, 4) is 11.3 Å². The molecular formula is C21H18FN3O2S. The number of carbonyl (C=O) groups is 2. The highest BCUT2D eigenvalue weighted by atomic mass is 32.1. The van der Waals surface area contributed by atoms with Crippen LogP contribution in [0.4, 0.5) is 15.2 Å². The molecule has 0 aliphatic carbocycles. The number of halogens is 1. The van der Waals surface area contributed by atoms with Crippen LogP contribution in [-0.4, -0.2) is 23.3 Å². The molecule has 2 heterocycles. The van der Waals surface area contributed by atoms with E-state index in [1.165, 1.54) is 23.5 Å². The summed E-state index contributed by atoms with van der Waals surface area (Å²) < 4.78 is 13.0. The molecule has 3 aromatic rings. The zero-order chi connectivity index (χ0) is 19.7. The van der Waals surface area contributed by atoms with Gasteiger partial charge in [0.05, 0.1) is 12.1 Å². The number of carbonyl (C=O) groups excluding carboxylic acids is 2. The van der Waals surface area contributed by atoms with Crippen molar-refractivity contribution in [2.45, 2.75) is 19.8 Å². The van der Waals surface area contributed by atoms with Gasteiger partial charge in [-0.1, -0.05) is 24.3 Å². The second-order valence-electron chi connectivity index (χ2n) is 6.65. The first kappa shape index (κ1) is 18.3. The molecule has 0 spiro atoms. The van der Waals surface area contributed by atoms with Gasteiger partial charge in [0.25, 0.3) is 0 Å². The van der Waals surface area contributed by atoms with Crippen LogP contribution in [0.2, 0.25) is 0 Å². The van der Waals surface area contributed by atoms with Gasteiger partial charge in [0, 0.05) is 30.1 Å². The minimum atomic E-state index is -0.327. The van der Waals surface area contributed by atoms with E-state index in [1.807, 2.05) is 23.6 Å². The molecule has 4 rings (SSSR count). The highest BCUT2D eigenvalue weighted by molar-refractivity contribution is 7.14. The van der Waals surface area contributed by atoms with Crippen LogP contribution in [-0.2, 0) is 22.4 Å². The van der Waals surface area contributed by atoms with Gasteiger partial charge in [-0.25, -0.2) is 9.37 Å². The minimum Gasteiger partial charge on any atom is -0.312 e. The Labute approximate surface area is 165 Å². The van der Waals surface area contributed by atoms with Crippen molar-refractivity contribution in [3.05, 3.63) is 64.8 Å². The molecule has 2 amide bonds. The number of thiazole rings is 1. The van der Waals surface area contributed by atoms with E-state index in [2.05, 4.69) is 10.3 Å². The molecule has 1 N–H and O–H groups in total. The SMILES string of the molecule is CC(=O)N1CCc2ccc(-c3csc(NC(=O)Cc4ccc(F)cc4)n3)cc21. The highest BCUT2D eigenvalue weighted by Crippen LogP contribution is 2.34. The molecule has 7 heteroatoms. The maximum atomic E-state index is 13.0. The number of nitrogens with one attached hydrogen (secondary N) is 1.